The van der Waals surface area contributed by atoms with Gasteiger partial charge in [-0.25, -0.2) is 0 Å². The topological polar surface area (TPSA) is 138 Å². The molecular formula is C18H32O7. The lowest BCUT2D eigenvalue weighted by Gasteiger charge is -2.58. The Kier molecular flexibility index (Phi) is 6.27. The van der Waals surface area contributed by atoms with Crippen molar-refractivity contribution in [3.8, 4) is 0 Å². The molecule has 6 N–H and O–H groups in total. The molecule has 0 radical (unpaired) electrons. The number of rotatable bonds is 6. The number of allylic oxidation sites excluding steroid dienone is 1. The molecule has 1 fully saturated rings. The predicted octanol–water partition coefficient (Wildman–Crippen LogP) is -0.343. The first-order valence-electron chi connectivity index (χ1n) is 8.51. The Morgan fingerprint density at radius 2 is 1.64 bits per heavy atom. The third-order valence-electron chi connectivity index (χ3n) is 5.76. The molecule has 146 valence electrons. The number of aliphatic hydroxyl groups excluding tert-OH is 3. The lowest BCUT2D eigenvalue weighted by atomic mass is 9.55. The van der Waals surface area contributed by atoms with Crippen molar-refractivity contribution in [1.82, 2.24) is 0 Å². The van der Waals surface area contributed by atoms with Gasteiger partial charge in [-0.05, 0) is 57.6 Å². The Morgan fingerprint density at radius 1 is 1.12 bits per heavy atom. The molecule has 0 aromatic heterocycles. The number of carbonyl (C=O) groups is 1. The summed E-state index contributed by atoms with van der Waals surface area (Å²) in [6, 6.07) is 0. The second-order valence-electron chi connectivity index (χ2n) is 8.31. The Morgan fingerprint density at radius 3 is 2.08 bits per heavy atom. The largest absolute Gasteiger partial charge is 0.387 e. The molecule has 0 spiro atoms. The number of hydrogen-bond donors (Lipinski definition) is 6. The van der Waals surface area contributed by atoms with Crippen molar-refractivity contribution in [1.29, 1.82) is 0 Å². The maximum atomic E-state index is 11.2. The van der Waals surface area contributed by atoms with Gasteiger partial charge in [-0.15, -0.1) is 0 Å². The average Bonchev–Trinajstić information content (AvgIpc) is 2.47. The van der Waals surface area contributed by atoms with E-state index >= 15 is 0 Å². The highest BCUT2D eigenvalue weighted by atomic mass is 16.4. The molecule has 1 saturated carbocycles. The molecule has 25 heavy (non-hydrogen) atoms. The van der Waals surface area contributed by atoms with Gasteiger partial charge < -0.3 is 30.6 Å². The lowest BCUT2D eigenvalue weighted by Crippen LogP contribution is -2.74. The van der Waals surface area contributed by atoms with Crippen LogP contribution in [0.4, 0.5) is 0 Å². The molecular weight excluding hydrogens is 328 g/mol. The summed E-state index contributed by atoms with van der Waals surface area (Å²) in [4.78, 5) is 11.0. The Balaban J connectivity index is 3.22. The van der Waals surface area contributed by atoms with Crippen LogP contribution in [0.25, 0.3) is 0 Å². The molecule has 0 aromatic carbocycles. The first-order chi connectivity index (χ1) is 11.1. The van der Waals surface area contributed by atoms with Gasteiger partial charge in [0.15, 0.2) is 5.78 Å². The van der Waals surface area contributed by atoms with E-state index in [2.05, 4.69) is 0 Å². The van der Waals surface area contributed by atoms with Gasteiger partial charge in [0.05, 0.1) is 5.60 Å². The second-order valence-corrected chi connectivity index (χ2v) is 8.31. The fourth-order valence-corrected chi connectivity index (χ4v) is 3.85. The van der Waals surface area contributed by atoms with E-state index in [-0.39, 0.29) is 12.2 Å². The van der Waals surface area contributed by atoms with E-state index < -0.39 is 40.5 Å². The summed E-state index contributed by atoms with van der Waals surface area (Å²) in [6.45, 7) is 7.05. The Labute approximate surface area is 148 Å². The molecule has 0 bridgehead atoms. The zero-order valence-corrected chi connectivity index (χ0v) is 15.6. The van der Waals surface area contributed by atoms with Gasteiger partial charge in [0, 0.05) is 0 Å². The zero-order chi connectivity index (χ0) is 19.8. The van der Waals surface area contributed by atoms with Gasteiger partial charge in [-0.3, -0.25) is 4.79 Å². The van der Waals surface area contributed by atoms with Crippen molar-refractivity contribution in [3.63, 3.8) is 0 Å². The maximum Gasteiger partial charge on any atom is 0.152 e. The lowest BCUT2D eigenvalue weighted by molar-refractivity contribution is -0.297. The molecule has 1 rings (SSSR count). The number of hydrogen-bond acceptors (Lipinski definition) is 7. The molecule has 0 saturated heterocycles. The van der Waals surface area contributed by atoms with Crippen molar-refractivity contribution < 1.29 is 35.4 Å². The minimum atomic E-state index is -2.26. The van der Waals surface area contributed by atoms with Crippen LogP contribution in [0.3, 0.4) is 0 Å². The van der Waals surface area contributed by atoms with Gasteiger partial charge in [0.2, 0.25) is 0 Å². The van der Waals surface area contributed by atoms with Crippen LogP contribution in [0, 0.1) is 5.41 Å². The summed E-state index contributed by atoms with van der Waals surface area (Å²) in [5.41, 5.74) is -7.03. The highest BCUT2D eigenvalue weighted by Crippen LogP contribution is 2.52. The second kappa shape index (κ2) is 7.06. The van der Waals surface area contributed by atoms with Gasteiger partial charge >= 0.3 is 0 Å². The number of ketones is 1. The number of aliphatic hydroxyl groups is 6. The van der Waals surface area contributed by atoms with Crippen molar-refractivity contribution in [2.45, 2.75) is 89.0 Å². The van der Waals surface area contributed by atoms with E-state index in [0.29, 0.717) is 12.8 Å². The summed E-state index contributed by atoms with van der Waals surface area (Å²) < 4.78 is 0. The maximum absolute atomic E-state index is 11.2. The minimum absolute atomic E-state index is 0.214. The van der Waals surface area contributed by atoms with E-state index in [4.69, 9.17) is 0 Å². The van der Waals surface area contributed by atoms with Crippen LogP contribution in [-0.4, -0.2) is 71.5 Å². The van der Waals surface area contributed by atoms with Crippen molar-refractivity contribution in [3.05, 3.63) is 12.2 Å². The van der Waals surface area contributed by atoms with Crippen LogP contribution >= 0.6 is 0 Å². The van der Waals surface area contributed by atoms with Gasteiger partial charge in [-0.2, -0.15) is 0 Å². The highest BCUT2D eigenvalue weighted by molar-refractivity contribution is 5.87. The molecule has 1 aliphatic carbocycles. The number of carbonyl (C=O) groups excluding carboxylic acids is 1. The third kappa shape index (κ3) is 3.82. The van der Waals surface area contributed by atoms with Crippen LogP contribution in [-0.2, 0) is 4.79 Å². The summed E-state index contributed by atoms with van der Waals surface area (Å²) in [7, 11) is 0. The average molecular weight is 360 g/mol. The third-order valence-corrected chi connectivity index (χ3v) is 5.76. The minimum Gasteiger partial charge on any atom is -0.387 e. The predicted molar refractivity (Wildman–Crippen MR) is 91.7 cm³/mol. The molecule has 6 atom stereocenters. The van der Waals surface area contributed by atoms with Gasteiger partial charge in [0.25, 0.3) is 0 Å². The standard InChI is InChI=1S/C18H32O7/c1-11(19)7-8-12(20)17(5,24)13(21)14(22)18(25)15(2,3)9-6-10-16(18,4)23/h7-8,12-14,20-25H,6,9-10H2,1-5H3/b8-7+. The quantitative estimate of drug-likeness (QED) is 0.356. The van der Waals surface area contributed by atoms with Gasteiger partial charge in [-0.1, -0.05) is 13.8 Å². The fraction of sp³-hybridized carbons (Fsp3) is 0.833. The Bertz CT molecular complexity index is 506. The molecule has 7 heteroatoms. The van der Waals surface area contributed by atoms with E-state index in [1.807, 2.05) is 0 Å². The van der Waals surface area contributed by atoms with Crippen molar-refractivity contribution in [2.24, 2.45) is 5.41 Å². The summed E-state index contributed by atoms with van der Waals surface area (Å²) in [5, 5.41) is 63.7. The molecule has 1 aliphatic rings. The molecule has 0 aromatic rings. The first kappa shape index (κ1) is 22.2. The smallest absolute Gasteiger partial charge is 0.152 e. The first-order valence-corrected chi connectivity index (χ1v) is 8.51. The fourth-order valence-electron chi connectivity index (χ4n) is 3.85. The van der Waals surface area contributed by atoms with Gasteiger partial charge in [0.1, 0.15) is 29.5 Å². The van der Waals surface area contributed by atoms with E-state index in [1.54, 1.807) is 13.8 Å². The van der Waals surface area contributed by atoms with Crippen LogP contribution in [0.2, 0.25) is 0 Å². The molecule has 0 aliphatic heterocycles. The van der Waals surface area contributed by atoms with Crippen molar-refractivity contribution in [2.75, 3.05) is 0 Å². The molecule has 0 heterocycles. The highest BCUT2D eigenvalue weighted by Gasteiger charge is 2.64. The van der Waals surface area contributed by atoms with E-state index in [1.165, 1.54) is 13.8 Å². The monoisotopic (exact) mass is 360 g/mol. The molecule has 0 amide bonds. The van der Waals surface area contributed by atoms with Crippen LogP contribution < -0.4 is 0 Å². The normalized spacial score (nSPS) is 35.8. The molecule has 7 nitrogen and oxygen atoms in total. The molecule has 6 unspecified atom stereocenters. The van der Waals surface area contributed by atoms with E-state index in [0.717, 1.165) is 19.1 Å². The van der Waals surface area contributed by atoms with Crippen LogP contribution in [0.15, 0.2) is 12.2 Å². The summed E-state index contributed by atoms with van der Waals surface area (Å²) in [6.07, 6.45) is -2.20. The van der Waals surface area contributed by atoms with Crippen molar-refractivity contribution >= 4 is 5.78 Å². The van der Waals surface area contributed by atoms with Crippen LogP contribution in [0.5, 0.6) is 0 Å². The van der Waals surface area contributed by atoms with E-state index in [9.17, 15) is 35.4 Å². The Hall–Kier alpha value is -0.830. The SMILES string of the molecule is CC(=O)/C=C/C(O)C(C)(O)C(O)C(O)C1(O)C(C)(C)CCCC1(C)O. The summed E-state index contributed by atoms with van der Waals surface area (Å²) >= 11 is 0. The van der Waals surface area contributed by atoms with Crippen LogP contribution in [0.1, 0.15) is 53.9 Å². The summed E-state index contributed by atoms with van der Waals surface area (Å²) in [5.74, 6) is -0.361. The zero-order valence-electron chi connectivity index (χ0n) is 15.6.